The molecule has 1 fully saturated rings. The Bertz CT molecular complexity index is 897. The Balaban J connectivity index is 2.64. The zero-order valence-corrected chi connectivity index (χ0v) is 16.6. The van der Waals surface area contributed by atoms with E-state index in [0.717, 1.165) is 17.0 Å². The molecule has 0 saturated carbocycles. The van der Waals surface area contributed by atoms with Crippen molar-refractivity contribution in [1.82, 2.24) is 14.9 Å². The molecular formula is C16H20F2N4O4S2. The zero-order valence-electron chi connectivity index (χ0n) is 14.9. The topological polar surface area (TPSA) is 114 Å². The second-order valence-electron chi connectivity index (χ2n) is 6.07. The summed E-state index contributed by atoms with van der Waals surface area (Å²) in [6.07, 6.45) is 0.515. The number of benzene rings is 1. The lowest BCUT2D eigenvalue weighted by Crippen LogP contribution is -2.59. The molecule has 2 rings (SSSR count). The lowest BCUT2D eigenvalue weighted by molar-refractivity contribution is 0.118. The zero-order chi connectivity index (χ0) is 21.1. The minimum absolute atomic E-state index is 0.0978. The van der Waals surface area contributed by atoms with Gasteiger partial charge in [-0.1, -0.05) is 18.7 Å². The van der Waals surface area contributed by atoms with Crippen molar-refractivity contribution < 1.29 is 26.7 Å². The molecule has 0 radical (unpaired) electrons. The van der Waals surface area contributed by atoms with Crippen LogP contribution in [0, 0.1) is 11.6 Å². The van der Waals surface area contributed by atoms with Crippen LogP contribution < -0.4 is 15.8 Å². The van der Waals surface area contributed by atoms with Gasteiger partial charge in [0, 0.05) is 18.2 Å². The van der Waals surface area contributed by atoms with Gasteiger partial charge in [0.25, 0.3) is 0 Å². The third-order valence-corrected chi connectivity index (χ3v) is 6.35. The molecular weight excluding hydrogens is 414 g/mol. The predicted octanol–water partition coefficient (Wildman–Crippen LogP) is 0.549. The average molecular weight is 434 g/mol. The maximum atomic E-state index is 14.7. The van der Waals surface area contributed by atoms with Crippen LogP contribution in [0.3, 0.4) is 0 Å². The summed E-state index contributed by atoms with van der Waals surface area (Å²) in [7, 11) is -2.89. The van der Waals surface area contributed by atoms with Gasteiger partial charge in [0.05, 0.1) is 6.54 Å². The summed E-state index contributed by atoms with van der Waals surface area (Å²) >= 11 is 4.87. The maximum absolute atomic E-state index is 14.7. The van der Waals surface area contributed by atoms with Gasteiger partial charge < -0.3 is 20.7 Å². The second kappa shape index (κ2) is 8.37. The fraction of sp³-hybridized carbons (Fsp3) is 0.375. The number of hydrogen-bond donors (Lipinski definition) is 3. The van der Waals surface area contributed by atoms with Crippen LogP contribution in [-0.4, -0.2) is 56.5 Å². The van der Waals surface area contributed by atoms with E-state index in [4.69, 9.17) is 22.7 Å². The lowest BCUT2D eigenvalue weighted by atomic mass is 9.88. The fourth-order valence-corrected chi connectivity index (χ4v) is 4.84. The lowest BCUT2D eigenvalue weighted by Gasteiger charge is -2.35. The molecule has 28 heavy (non-hydrogen) atoms. The normalized spacial score (nSPS) is 22.0. The number of halogens is 2. The van der Waals surface area contributed by atoms with Gasteiger partial charge in [-0.05, 0) is 25.3 Å². The van der Waals surface area contributed by atoms with E-state index in [1.807, 2.05) is 0 Å². The van der Waals surface area contributed by atoms with E-state index in [1.165, 1.54) is 13.1 Å². The molecule has 2 atom stereocenters. The van der Waals surface area contributed by atoms with E-state index in [1.54, 1.807) is 0 Å². The van der Waals surface area contributed by atoms with Crippen molar-refractivity contribution in [1.29, 1.82) is 0 Å². The summed E-state index contributed by atoms with van der Waals surface area (Å²) in [6, 6.07) is 2.68. The number of rotatable bonds is 6. The van der Waals surface area contributed by atoms with E-state index in [0.29, 0.717) is 6.07 Å². The van der Waals surface area contributed by atoms with E-state index in [9.17, 15) is 22.0 Å². The molecule has 1 saturated heterocycles. The van der Waals surface area contributed by atoms with Crippen molar-refractivity contribution in [3.05, 3.63) is 48.1 Å². The van der Waals surface area contributed by atoms with Gasteiger partial charge in [0.2, 0.25) is 10.0 Å². The number of sulfonamides is 1. The standard InChI is InChI=1S/C16H20F2N4O4S2/c1-3-6-26-15(23)22-8-13(28(24,25)20-2)16(9-22,21-14(19)27)11-5-4-10(17)7-12(11)18/h3-5,7,13,20H,1,6,8-9H2,2H3,(H3,19,21,27)/t13-,16-/m1/s1. The maximum Gasteiger partial charge on any atom is 0.410 e. The van der Waals surface area contributed by atoms with Crippen LogP contribution in [0.15, 0.2) is 30.9 Å². The van der Waals surface area contributed by atoms with Gasteiger partial charge in [-0.25, -0.2) is 26.7 Å². The first-order valence-electron chi connectivity index (χ1n) is 8.05. The Morgan fingerprint density at radius 2 is 2.21 bits per heavy atom. The fourth-order valence-electron chi connectivity index (χ4n) is 3.21. The van der Waals surface area contributed by atoms with E-state index >= 15 is 0 Å². The number of likely N-dealkylation sites (tertiary alicyclic amines) is 1. The highest BCUT2D eigenvalue weighted by Crippen LogP contribution is 2.38. The Morgan fingerprint density at radius 3 is 2.75 bits per heavy atom. The number of carbonyl (C=O) groups is 1. The largest absolute Gasteiger partial charge is 0.445 e. The molecule has 1 aromatic rings. The van der Waals surface area contributed by atoms with Crippen molar-refractivity contribution in [3.63, 3.8) is 0 Å². The first kappa shape index (κ1) is 22.0. The van der Waals surface area contributed by atoms with Gasteiger partial charge in [-0.2, -0.15) is 0 Å². The molecule has 4 N–H and O–H groups in total. The molecule has 1 aliphatic heterocycles. The molecule has 1 heterocycles. The van der Waals surface area contributed by atoms with Crippen LogP contribution >= 0.6 is 12.2 Å². The van der Waals surface area contributed by atoms with Crippen molar-refractivity contribution in [2.45, 2.75) is 10.8 Å². The van der Waals surface area contributed by atoms with Crippen molar-refractivity contribution in [2.75, 3.05) is 26.7 Å². The van der Waals surface area contributed by atoms with Crippen LogP contribution in [0.25, 0.3) is 0 Å². The van der Waals surface area contributed by atoms with Gasteiger partial charge in [0.15, 0.2) is 5.11 Å². The molecule has 0 bridgehead atoms. The summed E-state index contributed by atoms with van der Waals surface area (Å²) in [5, 5.41) is 0.903. The molecule has 1 amide bonds. The monoisotopic (exact) mass is 434 g/mol. The molecule has 154 valence electrons. The molecule has 0 aromatic heterocycles. The molecule has 8 nitrogen and oxygen atoms in total. The minimum atomic E-state index is -4.07. The number of nitrogens with zero attached hydrogens (tertiary/aromatic N) is 1. The second-order valence-corrected chi connectivity index (χ2v) is 8.58. The molecule has 0 spiro atoms. The summed E-state index contributed by atoms with van der Waals surface area (Å²) in [5.41, 5.74) is 3.61. The van der Waals surface area contributed by atoms with E-state index in [2.05, 4.69) is 16.6 Å². The van der Waals surface area contributed by atoms with E-state index in [-0.39, 0.29) is 30.4 Å². The molecule has 0 aliphatic carbocycles. The highest BCUT2D eigenvalue weighted by molar-refractivity contribution is 7.90. The van der Waals surface area contributed by atoms with Crippen LogP contribution in [0.4, 0.5) is 13.6 Å². The van der Waals surface area contributed by atoms with Gasteiger partial charge >= 0.3 is 6.09 Å². The van der Waals surface area contributed by atoms with Crippen LogP contribution in [0.1, 0.15) is 5.56 Å². The van der Waals surface area contributed by atoms with Crippen molar-refractivity contribution in [2.24, 2.45) is 5.73 Å². The van der Waals surface area contributed by atoms with Crippen LogP contribution in [0.5, 0.6) is 0 Å². The summed E-state index contributed by atoms with van der Waals surface area (Å²) in [4.78, 5) is 13.4. The highest BCUT2D eigenvalue weighted by atomic mass is 32.2. The SMILES string of the molecule is C=CCOC(=O)N1C[C@@H](S(=O)(=O)NC)[C@](NC(N)=S)(c2ccc(F)cc2F)C1. The molecule has 12 heteroatoms. The van der Waals surface area contributed by atoms with Gasteiger partial charge in [-0.3, -0.25) is 0 Å². The van der Waals surface area contributed by atoms with Gasteiger partial charge in [0.1, 0.15) is 29.0 Å². The quantitative estimate of drug-likeness (QED) is 0.443. The first-order chi connectivity index (χ1) is 13.1. The summed E-state index contributed by atoms with van der Waals surface area (Å²) < 4.78 is 60.6. The Labute approximate surface area is 166 Å². The third-order valence-electron chi connectivity index (χ3n) is 4.38. The van der Waals surface area contributed by atoms with Crippen LogP contribution in [-0.2, 0) is 20.3 Å². The summed E-state index contributed by atoms with van der Waals surface area (Å²) in [5.74, 6) is -1.86. The van der Waals surface area contributed by atoms with E-state index < -0.39 is 38.5 Å². The Hall–Kier alpha value is -2.31. The molecule has 1 aromatic carbocycles. The number of thiocarbonyl (C=S) groups is 1. The Morgan fingerprint density at radius 1 is 1.54 bits per heavy atom. The number of carbonyl (C=O) groups excluding carboxylic acids is 1. The Kier molecular flexibility index (Phi) is 6.57. The third kappa shape index (κ3) is 4.23. The van der Waals surface area contributed by atoms with Crippen molar-refractivity contribution >= 4 is 33.4 Å². The number of nitrogens with one attached hydrogen (secondary N) is 2. The number of ether oxygens (including phenoxy) is 1. The minimum Gasteiger partial charge on any atom is -0.445 e. The molecule has 0 unspecified atom stereocenters. The number of hydrogen-bond acceptors (Lipinski definition) is 5. The van der Waals surface area contributed by atoms with Crippen molar-refractivity contribution in [3.8, 4) is 0 Å². The average Bonchev–Trinajstić information content (AvgIpc) is 2.99. The van der Waals surface area contributed by atoms with Crippen LogP contribution in [0.2, 0.25) is 0 Å². The first-order valence-corrected chi connectivity index (χ1v) is 10.0. The number of amides is 1. The van der Waals surface area contributed by atoms with Gasteiger partial charge in [-0.15, -0.1) is 0 Å². The number of nitrogens with two attached hydrogens (primary N) is 1. The predicted molar refractivity (Wildman–Crippen MR) is 103 cm³/mol. The highest BCUT2D eigenvalue weighted by Gasteiger charge is 2.56. The summed E-state index contributed by atoms with van der Waals surface area (Å²) in [6.45, 7) is 2.65. The smallest absolute Gasteiger partial charge is 0.410 e. The molecule has 1 aliphatic rings.